The molecule has 4 atom stereocenters. The standard InChI is InChI=1S/C11H14O4/c1-6(14-2)15-11(13)9-5-7-3-4-8(9)10(7)12/h3-4,6-9H,5H2,1-2H3. The van der Waals surface area contributed by atoms with Gasteiger partial charge in [-0.15, -0.1) is 0 Å². The quantitative estimate of drug-likeness (QED) is 0.395. The molecule has 0 heterocycles. The second kappa shape index (κ2) is 3.77. The van der Waals surface area contributed by atoms with Crippen molar-refractivity contribution in [2.45, 2.75) is 19.6 Å². The maximum Gasteiger partial charge on any atom is 0.312 e. The maximum atomic E-state index is 11.7. The molecule has 4 heteroatoms. The van der Waals surface area contributed by atoms with Crippen LogP contribution in [0.4, 0.5) is 0 Å². The number of esters is 1. The van der Waals surface area contributed by atoms with Gasteiger partial charge in [-0.25, -0.2) is 0 Å². The summed E-state index contributed by atoms with van der Waals surface area (Å²) in [5, 5.41) is 0. The molecule has 0 aromatic carbocycles. The number of methoxy groups -OCH3 is 1. The second-order valence-corrected chi connectivity index (χ2v) is 4.00. The molecule has 0 amide bonds. The SMILES string of the molecule is COC(C)OC(=O)C1CC2C=CC1C2=O. The number of ketones is 1. The number of carbonyl (C=O) groups is 2. The molecule has 0 N–H and O–H groups in total. The number of rotatable bonds is 3. The molecular weight excluding hydrogens is 196 g/mol. The molecule has 1 fully saturated rings. The van der Waals surface area contributed by atoms with Crippen LogP contribution in [-0.4, -0.2) is 25.2 Å². The summed E-state index contributed by atoms with van der Waals surface area (Å²) < 4.78 is 9.88. The Morgan fingerprint density at radius 2 is 2.27 bits per heavy atom. The molecule has 4 nitrogen and oxygen atoms in total. The van der Waals surface area contributed by atoms with Crippen LogP contribution in [0.25, 0.3) is 0 Å². The molecule has 0 radical (unpaired) electrons. The average molecular weight is 210 g/mol. The fourth-order valence-corrected chi connectivity index (χ4v) is 2.18. The van der Waals surface area contributed by atoms with E-state index in [1.165, 1.54) is 7.11 Å². The van der Waals surface area contributed by atoms with E-state index in [1.54, 1.807) is 6.92 Å². The lowest BCUT2D eigenvalue weighted by Crippen LogP contribution is -2.27. The highest BCUT2D eigenvalue weighted by atomic mass is 16.7. The summed E-state index contributed by atoms with van der Waals surface area (Å²) in [4.78, 5) is 23.2. The van der Waals surface area contributed by atoms with Gasteiger partial charge in [-0.2, -0.15) is 0 Å². The monoisotopic (exact) mass is 210 g/mol. The van der Waals surface area contributed by atoms with Gasteiger partial charge in [-0.3, -0.25) is 9.59 Å². The molecule has 82 valence electrons. The van der Waals surface area contributed by atoms with E-state index in [-0.39, 0.29) is 29.5 Å². The van der Waals surface area contributed by atoms with Crippen LogP contribution in [0.15, 0.2) is 12.2 Å². The van der Waals surface area contributed by atoms with Gasteiger partial charge in [0.1, 0.15) is 5.78 Å². The fourth-order valence-electron chi connectivity index (χ4n) is 2.18. The van der Waals surface area contributed by atoms with E-state index < -0.39 is 6.29 Å². The van der Waals surface area contributed by atoms with Gasteiger partial charge in [-0.1, -0.05) is 12.2 Å². The predicted octanol–water partition coefficient (Wildman–Crippen LogP) is 0.913. The topological polar surface area (TPSA) is 52.6 Å². The van der Waals surface area contributed by atoms with E-state index in [1.807, 2.05) is 12.2 Å². The van der Waals surface area contributed by atoms with Crippen molar-refractivity contribution in [2.75, 3.05) is 7.11 Å². The van der Waals surface area contributed by atoms with Crippen LogP contribution in [0.1, 0.15) is 13.3 Å². The van der Waals surface area contributed by atoms with Crippen molar-refractivity contribution >= 4 is 11.8 Å². The first-order chi connectivity index (χ1) is 7.13. The van der Waals surface area contributed by atoms with Gasteiger partial charge < -0.3 is 9.47 Å². The summed E-state index contributed by atoms with van der Waals surface area (Å²) in [5.41, 5.74) is 0. The van der Waals surface area contributed by atoms with Gasteiger partial charge in [0.2, 0.25) is 0 Å². The average Bonchev–Trinajstić information content (AvgIpc) is 2.74. The van der Waals surface area contributed by atoms with Gasteiger partial charge in [0.05, 0.1) is 5.92 Å². The summed E-state index contributed by atoms with van der Waals surface area (Å²) in [6.45, 7) is 1.66. The first-order valence-electron chi connectivity index (χ1n) is 5.09. The van der Waals surface area contributed by atoms with Crippen LogP contribution >= 0.6 is 0 Å². The van der Waals surface area contributed by atoms with Crippen LogP contribution in [0.5, 0.6) is 0 Å². The summed E-state index contributed by atoms with van der Waals surface area (Å²) >= 11 is 0. The first-order valence-corrected chi connectivity index (χ1v) is 5.09. The Bertz CT molecular complexity index is 321. The van der Waals surface area contributed by atoms with E-state index in [0.717, 1.165) is 0 Å². The largest absolute Gasteiger partial charge is 0.436 e. The minimum absolute atomic E-state index is 0.0644. The summed E-state index contributed by atoms with van der Waals surface area (Å²) in [5.74, 6) is -0.793. The molecule has 1 saturated carbocycles. The van der Waals surface area contributed by atoms with Crippen molar-refractivity contribution in [3.8, 4) is 0 Å². The number of carbonyl (C=O) groups excluding carboxylic acids is 2. The third-order valence-corrected chi connectivity index (χ3v) is 3.10. The normalized spacial score (nSPS) is 34.5. The minimum Gasteiger partial charge on any atom is -0.436 e. The van der Waals surface area contributed by atoms with Gasteiger partial charge in [0.25, 0.3) is 0 Å². The van der Waals surface area contributed by atoms with E-state index in [2.05, 4.69) is 0 Å². The highest BCUT2D eigenvalue weighted by molar-refractivity contribution is 5.96. The number of fused-ring (bicyclic) bond motifs is 2. The van der Waals surface area contributed by atoms with E-state index in [4.69, 9.17) is 9.47 Å². The molecule has 0 aromatic heterocycles. The minimum atomic E-state index is -0.546. The Balaban J connectivity index is 1.99. The lowest BCUT2D eigenvalue weighted by molar-refractivity contribution is -0.175. The number of hydrogen-bond donors (Lipinski definition) is 0. The molecule has 0 spiro atoms. The summed E-state index contributed by atoms with van der Waals surface area (Å²) in [7, 11) is 1.48. The number of allylic oxidation sites excluding steroid dienone is 2. The Hall–Kier alpha value is -1.16. The number of ether oxygens (including phenoxy) is 2. The van der Waals surface area contributed by atoms with E-state index in [9.17, 15) is 9.59 Å². The zero-order valence-corrected chi connectivity index (χ0v) is 8.80. The third kappa shape index (κ3) is 1.69. The number of Topliss-reactive ketones (excluding diaryl/α,β-unsaturated/α-hetero) is 1. The lowest BCUT2D eigenvalue weighted by atomic mass is 9.94. The van der Waals surface area contributed by atoms with E-state index >= 15 is 0 Å². The van der Waals surface area contributed by atoms with Crippen molar-refractivity contribution in [3.63, 3.8) is 0 Å². The van der Waals surface area contributed by atoms with Crippen molar-refractivity contribution in [1.29, 1.82) is 0 Å². The molecule has 2 aliphatic rings. The molecule has 0 saturated heterocycles. The maximum absolute atomic E-state index is 11.7. The highest BCUT2D eigenvalue weighted by Gasteiger charge is 2.47. The molecule has 15 heavy (non-hydrogen) atoms. The Kier molecular flexibility index (Phi) is 2.61. The first kappa shape index (κ1) is 10.4. The molecule has 0 aromatic rings. The molecule has 2 aliphatic carbocycles. The summed E-state index contributed by atoms with van der Waals surface area (Å²) in [6, 6.07) is 0. The summed E-state index contributed by atoms with van der Waals surface area (Å²) in [6.07, 6.45) is 3.75. The molecule has 2 bridgehead atoms. The predicted molar refractivity (Wildman–Crippen MR) is 51.8 cm³/mol. The van der Waals surface area contributed by atoms with Crippen molar-refractivity contribution in [1.82, 2.24) is 0 Å². The highest BCUT2D eigenvalue weighted by Crippen LogP contribution is 2.41. The Morgan fingerprint density at radius 3 is 2.73 bits per heavy atom. The van der Waals surface area contributed by atoms with Crippen LogP contribution in [0, 0.1) is 17.8 Å². The zero-order valence-electron chi connectivity index (χ0n) is 8.80. The van der Waals surface area contributed by atoms with Crippen molar-refractivity contribution < 1.29 is 19.1 Å². The number of hydrogen-bond acceptors (Lipinski definition) is 4. The third-order valence-electron chi connectivity index (χ3n) is 3.10. The zero-order chi connectivity index (χ0) is 11.0. The van der Waals surface area contributed by atoms with Gasteiger partial charge in [-0.05, 0) is 13.3 Å². The molecule has 2 rings (SSSR count). The lowest BCUT2D eigenvalue weighted by Gasteiger charge is -2.18. The van der Waals surface area contributed by atoms with Crippen LogP contribution < -0.4 is 0 Å². The molecule has 0 aliphatic heterocycles. The molecule has 4 unspecified atom stereocenters. The van der Waals surface area contributed by atoms with Gasteiger partial charge in [0.15, 0.2) is 6.29 Å². The smallest absolute Gasteiger partial charge is 0.312 e. The van der Waals surface area contributed by atoms with E-state index in [0.29, 0.717) is 6.42 Å². The van der Waals surface area contributed by atoms with Crippen LogP contribution in [0.2, 0.25) is 0 Å². The van der Waals surface area contributed by atoms with Crippen LogP contribution in [-0.2, 0) is 19.1 Å². The Labute approximate surface area is 88.2 Å². The van der Waals surface area contributed by atoms with Crippen molar-refractivity contribution in [2.24, 2.45) is 17.8 Å². The van der Waals surface area contributed by atoms with Gasteiger partial charge >= 0.3 is 5.97 Å². The van der Waals surface area contributed by atoms with Crippen LogP contribution in [0.3, 0.4) is 0 Å². The van der Waals surface area contributed by atoms with Crippen molar-refractivity contribution in [3.05, 3.63) is 12.2 Å². The second-order valence-electron chi connectivity index (χ2n) is 4.00. The van der Waals surface area contributed by atoms with Gasteiger partial charge in [0, 0.05) is 18.9 Å². The molecular formula is C11H14O4. The fraction of sp³-hybridized carbons (Fsp3) is 0.636. The Morgan fingerprint density at radius 1 is 1.53 bits per heavy atom.